The predicted molar refractivity (Wildman–Crippen MR) is 82.7 cm³/mol. The van der Waals surface area contributed by atoms with Crippen molar-refractivity contribution in [1.29, 1.82) is 0 Å². The minimum atomic E-state index is -0.196. The van der Waals surface area contributed by atoms with Gasteiger partial charge in [0.1, 0.15) is 5.02 Å². The first-order chi connectivity index (χ1) is 9.67. The van der Waals surface area contributed by atoms with E-state index < -0.39 is 0 Å². The van der Waals surface area contributed by atoms with E-state index in [2.05, 4.69) is 22.2 Å². The first-order valence-corrected chi connectivity index (χ1v) is 7.79. The molecular weight excluding hydrogens is 276 g/mol. The van der Waals surface area contributed by atoms with Gasteiger partial charge < -0.3 is 10.2 Å². The lowest BCUT2D eigenvalue weighted by Gasteiger charge is -2.34. The van der Waals surface area contributed by atoms with E-state index in [1.807, 2.05) is 6.92 Å². The molecule has 0 aromatic carbocycles. The van der Waals surface area contributed by atoms with Gasteiger partial charge in [-0.3, -0.25) is 4.79 Å². The SMILES string of the molecule is CCCNC1CCN(c2cnn(CC)c(=O)c2Cl)CC1. The molecule has 0 radical (unpaired) electrons. The molecule has 1 N–H and O–H groups in total. The molecule has 2 heterocycles. The second kappa shape index (κ2) is 7.09. The van der Waals surface area contributed by atoms with Crippen molar-refractivity contribution in [2.24, 2.45) is 0 Å². The van der Waals surface area contributed by atoms with Gasteiger partial charge in [0, 0.05) is 25.7 Å². The van der Waals surface area contributed by atoms with Gasteiger partial charge in [-0.1, -0.05) is 18.5 Å². The van der Waals surface area contributed by atoms with Gasteiger partial charge in [-0.25, -0.2) is 4.68 Å². The van der Waals surface area contributed by atoms with Gasteiger partial charge in [0.25, 0.3) is 5.56 Å². The summed E-state index contributed by atoms with van der Waals surface area (Å²) in [4.78, 5) is 14.2. The quantitative estimate of drug-likeness (QED) is 0.902. The number of hydrogen-bond donors (Lipinski definition) is 1. The number of piperidine rings is 1. The molecular formula is C14H23ClN4O. The average Bonchev–Trinajstić information content (AvgIpc) is 2.48. The fourth-order valence-electron chi connectivity index (χ4n) is 2.58. The van der Waals surface area contributed by atoms with E-state index in [1.165, 1.54) is 4.68 Å². The lowest BCUT2D eigenvalue weighted by Crippen LogP contribution is -2.43. The Hall–Kier alpha value is -1.07. The molecule has 1 aliphatic heterocycles. The van der Waals surface area contributed by atoms with Crippen molar-refractivity contribution in [3.05, 3.63) is 21.6 Å². The maximum atomic E-state index is 12.0. The minimum absolute atomic E-state index is 0.196. The Balaban J connectivity index is 2.04. The topological polar surface area (TPSA) is 50.2 Å². The highest BCUT2D eigenvalue weighted by Crippen LogP contribution is 2.24. The van der Waals surface area contributed by atoms with Crippen LogP contribution in [0.3, 0.4) is 0 Å². The van der Waals surface area contributed by atoms with Crippen LogP contribution in [0.5, 0.6) is 0 Å². The third-order valence-corrected chi connectivity index (χ3v) is 4.14. The summed E-state index contributed by atoms with van der Waals surface area (Å²) in [6, 6.07) is 0.578. The van der Waals surface area contributed by atoms with Crippen molar-refractivity contribution in [2.45, 2.75) is 45.7 Å². The highest BCUT2D eigenvalue weighted by molar-refractivity contribution is 6.33. The molecule has 0 amide bonds. The summed E-state index contributed by atoms with van der Waals surface area (Å²) in [5, 5.41) is 8.00. The van der Waals surface area contributed by atoms with Crippen LogP contribution in [-0.2, 0) is 6.54 Å². The van der Waals surface area contributed by atoms with Crippen LogP contribution in [-0.4, -0.2) is 35.5 Å². The summed E-state index contributed by atoms with van der Waals surface area (Å²) in [5.74, 6) is 0. The third kappa shape index (κ3) is 3.33. The largest absolute Gasteiger partial charge is 0.369 e. The predicted octanol–water partition coefficient (Wildman–Crippen LogP) is 1.88. The van der Waals surface area contributed by atoms with E-state index in [0.717, 1.165) is 44.6 Å². The second-order valence-corrected chi connectivity index (χ2v) is 5.56. The van der Waals surface area contributed by atoms with E-state index in [0.29, 0.717) is 17.6 Å². The molecule has 1 aliphatic rings. The van der Waals surface area contributed by atoms with Crippen LogP contribution in [0, 0.1) is 0 Å². The molecule has 1 aromatic rings. The first kappa shape index (κ1) is 15.3. The molecule has 112 valence electrons. The molecule has 1 saturated heterocycles. The number of halogens is 1. The minimum Gasteiger partial charge on any atom is -0.369 e. The number of anilines is 1. The van der Waals surface area contributed by atoms with Crippen molar-refractivity contribution >= 4 is 17.3 Å². The lowest BCUT2D eigenvalue weighted by atomic mass is 10.0. The maximum Gasteiger partial charge on any atom is 0.287 e. The van der Waals surface area contributed by atoms with Gasteiger partial charge in [0.2, 0.25) is 0 Å². The first-order valence-electron chi connectivity index (χ1n) is 7.41. The van der Waals surface area contributed by atoms with Crippen LogP contribution >= 0.6 is 11.6 Å². The van der Waals surface area contributed by atoms with Crippen LogP contribution < -0.4 is 15.8 Å². The molecule has 1 fully saturated rings. The van der Waals surface area contributed by atoms with Gasteiger partial charge in [0.05, 0.1) is 11.9 Å². The second-order valence-electron chi connectivity index (χ2n) is 5.18. The Morgan fingerprint density at radius 3 is 2.70 bits per heavy atom. The summed E-state index contributed by atoms with van der Waals surface area (Å²) in [6.07, 6.45) is 5.03. The molecule has 5 nitrogen and oxygen atoms in total. The van der Waals surface area contributed by atoms with Gasteiger partial charge in [-0.2, -0.15) is 5.10 Å². The van der Waals surface area contributed by atoms with Crippen LogP contribution in [0.1, 0.15) is 33.1 Å². The highest BCUT2D eigenvalue weighted by atomic mass is 35.5. The standard InChI is InChI=1S/C14H23ClN4O/c1-3-7-16-11-5-8-18(9-6-11)12-10-17-19(4-2)14(20)13(12)15/h10-11,16H,3-9H2,1-2H3. The Bertz CT molecular complexity index is 494. The van der Waals surface area contributed by atoms with Crippen LogP contribution in [0.25, 0.3) is 0 Å². The molecule has 0 spiro atoms. The van der Waals surface area contributed by atoms with E-state index in [4.69, 9.17) is 11.6 Å². The summed E-state index contributed by atoms with van der Waals surface area (Å²) in [5.41, 5.74) is 0.577. The molecule has 0 bridgehead atoms. The summed E-state index contributed by atoms with van der Waals surface area (Å²) >= 11 is 6.20. The van der Waals surface area contributed by atoms with Gasteiger partial charge in [0.15, 0.2) is 0 Å². The number of aromatic nitrogens is 2. The van der Waals surface area contributed by atoms with E-state index in [1.54, 1.807) is 6.20 Å². The smallest absolute Gasteiger partial charge is 0.287 e. The molecule has 2 rings (SSSR count). The van der Waals surface area contributed by atoms with Crippen molar-refractivity contribution in [2.75, 3.05) is 24.5 Å². The van der Waals surface area contributed by atoms with Gasteiger partial charge >= 0.3 is 0 Å². The van der Waals surface area contributed by atoms with Gasteiger partial charge in [-0.05, 0) is 32.7 Å². The van der Waals surface area contributed by atoms with E-state index >= 15 is 0 Å². The Morgan fingerprint density at radius 1 is 1.40 bits per heavy atom. The molecule has 0 unspecified atom stereocenters. The van der Waals surface area contributed by atoms with Crippen molar-refractivity contribution in [3.63, 3.8) is 0 Å². The highest BCUT2D eigenvalue weighted by Gasteiger charge is 2.22. The van der Waals surface area contributed by atoms with E-state index in [-0.39, 0.29) is 5.56 Å². The lowest BCUT2D eigenvalue weighted by molar-refractivity contribution is 0.415. The molecule has 6 heteroatoms. The number of hydrogen-bond acceptors (Lipinski definition) is 4. The Labute approximate surface area is 124 Å². The number of nitrogens with one attached hydrogen (secondary N) is 1. The molecule has 0 aliphatic carbocycles. The van der Waals surface area contributed by atoms with E-state index in [9.17, 15) is 4.79 Å². The fraction of sp³-hybridized carbons (Fsp3) is 0.714. The number of aryl methyl sites for hydroxylation is 1. The average molecular weight is 299 g/mol. The normalized spacial score (nSPS) is 16.6. The third-order valence-electron chi connectivity index (χ3n) is 3.78. The molecule has 1 aromatic heterocycles. The van der Waals surface area contributed by atoms with Gasteiger partial charge in [-0.15, -0.1) is 0 Å². The van der Waals surface area contributed by atoms with Crippen molar-refractivity contribution < 1.29 is 0 Å². The molecule has 0 atom stereocenters. The summed E-state index contributed by atoms with van der Waals surface area (Å²) in [6.45, 7) is 7.50. The van der Waals surface area contributed by atoms with Crippen molar-refractivity contribution in [1.82, 2.24) is 15.1 Å². The molecule has 20 heavy (non-hydrogen) atoms. The Kier molecular flexibility index (Phi) is 5.43. The van der Waals surface area contributed by atoms with Crippen LogP contribution in [0.2, 0.25) is 5.02 Å². The Morgan fingerprint density at radius 2 is 2.10 bits per heavy atom. The van der Waals surface area contributed by atoms with Crippen LogP contribution in [0.15, 0.2) is 11.0 Å². The monoisotopic (exact) mass is 298 g/mol. The summed E-state index contributed by atoms with van der Waals surface area (Å²) < 4.78 is 1.39. The number of nitrogens with zero attached hydrogens (tertiary/aromatic N) is 3. The van der Waals surface area contributed by atoms with Crippen molar-refractivity contribution in [3.8, 4) is 0 Å². The zero-order chi connectivity index (χ0) is 14.5. The maximum absolute atomic E-state index is 12.0. The zero-order valence-electron chi connectivity index (χ0n) is 12.2. The number of rotatable bonds is 5. The van der Waals surface area contributed by atoms with Crippen LogP contribution in [0.4, 0.5) is 5.69 Å². The molecule has 0 saturated carbocycles. The zero-order valence-corrected chi connectivity index (χ0v) is 13.0. The fourth-order valence-corrected chi connectivity index (χ4v) is 2.84. The summed E-state index contributed by atoms with van der Waals surface area (Å²) in [7, 11) is 0.